The molecule has 1 aromatic heterocycles. The third-order valence-electron chi connectivity index (χ3n) is 3.56. The van der Waals surface area contributed by atoms with E-state index in [2.05, 4.69) is 34.3 Å². The first kappa shape index (κ1) is 14.5. The lowest BCUT2D eigenvalue weighted by Crippen LogP contribution is -2.04. The number of rotatable bonds is 4. The first-order valence-electron chi connectivity index (χ1n) is 6.83. The van der Waals surface area contributed by atoms with Crippen molar-refractivity contribution >= 4 is 34.1 Å². The Bertz CT molecular complexity index is 760. The molecule has 0 fully saturated rings. The third kappa shape index (κ3) is 3.08. The summed E-state index contributed by atoms with van der Waals surface area (Å²) in [4.78, 5) is 0. The van der Waals surface area contributed by atoms with Crippen molar-refractivity contribution in [1.82, 2.24) is 9.88 Å². The standard InChI is InChI=1S/C17H16Cl2N2/c1-20-9-13-11-21(10-12-2-4-14(18)5-3-12)17-8-15(19)6-7-16(13)17/h2-8,11,20H,9-10H2,1H3. The molecule has 2 nitrogen and oxygen atoms in total. The normalized spacial score (nSPS) is 11.2. The Morgan fingerprint density at radius 1 is 1.00 bits per heavy atom. The number of aromatic nitrogens is 1. The van der Waals surface area contributed by atoms with Crippen LogP contribution in [-0.2, 0) is 13.1 Å². The van der Waals surface area contributed by atoms with E-state index in [1.807, 2.05) is 31.3 Å². The lowest BCUT2D eigenvalue weighted by molar-refractivity contribution is 0.795. The van der Waals surface area contributed by atoms with E-state index in [1.165, 1.54) is 16.5 Å². The zero-order valence-electron chi connectivity index (χ0n) is 11.7. The first-order valence-corrected chi connectivity index (χ1v) is 7.59. The Balaban J connectivity index is 2.04. The van der Waals surface area contributed by atoms with Crippen LogP contribution in [0.4, 0.5) is 0 Å². The lowest BCUT2D eigenvalue weighted by atomic mass is 10.2. The van der Waals surface area contributed by atoms with Gasteiger partial charge in [0.1, 0.15) is 0 Å². The summed E-state index contributed by atoms with van der Waals surface area (Å²) in [6.45, 7) is 1.64. The van der Waals surface area contributed by atoms with Gasteiger partial charge in [0.15, 0.2) is 0 Å². The maximum atomic E-state index is 6.15. The highest BCUT2D eigenvalue weighted by molar-refractivity contribution is 6.31. The van der Waals surface area contributed by atoms with Crippen LogP contribution in [0.25, 0.3) is 10.9 Å². The average Bonchev–Trinajstić information content (AvgIpc) is 2.79. The Morgan fingerprint density at radius 2 is 1.71 bits per heavy atom. The number of halogens is 2. The maximum absolute atomic E-state index is 6.15. The van der Waals surface area contributed by atoms with Crippen LogP contribution in [0.1, 0.15) is 11.1 Å². The molecule has 0 saturated heterocycles. The first-order chi connectivity index (χ1) is 10.2. The van der Waals surface area contributed by atoms with Crippen molar-refractivity contribution in [1.29, 1.82) is 0 Å². The minimum absolute atomic E-state index is 0.758. The largest absolute Gasteiger partial charge is 0.343 e. The highest BCUT2D eigenvalue weighted by Crippen LogP contribution is 2.26. The summed E-state index contributed by atoms with van der Waals surface area (Å²) in [5.74, 6) is 0. The number of fused-ring (bicyclic) bond motifs is 1. The van der Waals surface area contributed by atoms with Crippen LogP contribution >= 0.6 is 23.2 Å². The summed E-state index contributed by atoms with van der Waals surface area (Å²) in [5.41, 5.74) is 3.65. The number of hydrogen-bond acceptors (Lipinski definition) is 1. The van der Waals surface area contributed by atoms with Gasteiger partial charge in [-0.15, -0.1) is 0 Å². The van der Waals surface area contributed by atoms with E-state index in [1.54, 1.807) is 0 Å². The molecular formula is C17H16Cl2N2. The molecule has 2 aromatic carbocycles. The molecule has 0 spiro atoms. The quantitative estimate of drug-likeness (QED) is 0.736. The van der Waals surface area contributed by atoms with E-state index in [0.29, 0.717) is 0 Å². The van der Waals surface area contributed by atoms with Gasteiger partial charge in [-0.1, -0.05) is 41.4 Å². The molecule has 21 heavy (non-hydrogen) atoms. The van der Waals surface area contributed by atoms with Gasteiger partial charge in [-0.05, 0) is 42.4 Å². The van der Waals surface area contributed by atoms with Crippen LogP contribution in [0.15, 0.2) is 48.7 Å². The fourth-order valence-corrected chi connectivity index (χ4v) is 2.88. The fourth-order valence-electron chi connectivity index (χ4n) is 2.59. The molecule has 0 atom stereocenters. The lowest BCUT2D eigenvalue weighted by Gasteiger charge is -2.06. The Hall–Kier alpha value is -1.48. The van der Waals surface area contributed by atoms with Gasteiger partial charge in [0.05, 0.1) is 5.52 Å². The number of nitrogens with one attached hydrogen (secondary N) is 1. The monoisotopic (exact) mass is 318 g/mol. The summed E-state index contributed by atoms with van der Waals surface area (Å²) in [7, 11) is 1.96. The molecule has 0 radical (unpaired) electrons. The zero-order valence-corrected chi connectivity index (χ0v) is 13.2. The minimum Gasteiger partial charge on any atom is -0.343 e. The van der Waals surface area contributed by atoms with E-state index in [4.69, 9.17) is 23.2 Å². The van der Waals surface area contributed by atoms with Crippen LogP contribution in [-0.4, -0.2) is 11.6 Å². The second-order valence-corrected chi connectivity index (χ2v) is 5.97. The van der Waals surface area contributed by atoms with E-state index in [-0.39, 0.29) is 0 Å². The van der Waals surface area contributed by atoms with Gasteiger partial charge >= 0.3 is 0 Å². The second-order valence-electron chi connectivity index (χ2n) is 5.10. The number of benzene rings is 2. The molecule has 3 aromatic rings. The topological polar surface area (TPSA) is 17.0 Å². The van der Waals surface area contributed by atoms with Crippen molar-refractivity contribution in [3.63, 3.8) is 0 Å². The summed E-state index contributed by atoms with van der Waals surface area (Å²) in [6, 6.07) is 14.0. The van der Waals surface area contributed by atoms with Crippen LogP contribution in [0.5, 0.6) is 0 Å². The van der Waals surface area contributed by atoms with Crippen molar-refractivity contribution < 1.29 is 0 Å². The second kappa shape index (κ2) is 6.10. The molecule has 0 bridgehead atoms. The van der Waals surface area contributed by atoms with E-state index in [0.717, 1.165) is 28.7 Å². The van der Waals surface area contributed by atoms with Gasteiger partial charge in [0.2, 0.25) is 0 Å². The fraction of sp³-hybridized carbons (Fsp3) is 0.176. The van der Waals surface area contributed by atoms with Gasteiger partial charge in [-0.3, -0.25) is 0 Å². The SMILES string of the molecule is CNCc1cn(Cc2ccc(Cl)cc2)c2cc(Cl)ccc12. The van der Waals surface area contributed by atoms with Crippen LogP contribution < -0.4 is 5.32 Å². The Kier molecular flexibility index (Phi) is 4.20. The van der Waals surface area contributed by atoms with Crippen molar-refractivity contribution in [3.8, 4) is 0 Å². The molecule has 0 aliphatic heterocycles. The summed E-state index contributed by atoms with van der Waals surface area (Å²) < 4.78 is 2.23. The molecule has 3 rings (SSSR count). The van der Waals surface area contributed by atoms with Gasteiger partial charge in [-0.2, -0.15) is 0 Å². The summed E-state index contributed by atoms with van der Waals surface area (Å²) in [5, 5.41) is 5.97. The molecule has 108 valence electrons. The number of nitrogens with zero attached hydrogens (tertiary/aromatic N) is 1. The summed E-state index contributed by atoms with van der Waals surface area (Å²) >= 11 is 12.1. The molecule has 1 N–H and O–H groups in total. The summed E-state index contributed by atoms with van der Waals surface area (Å²) in [6.07, 6.45) is 2.19. The van der Waals surface area contributed by atoms with E-state index < -0.39 is 0 Å². The predicted molar refractivity (Wildman–Crippen MR) is 90.3 cm³/mol. The van der Waals surface area contributed by atoms with Crippen molar-refractivity contribution in [2.45, 2.75) is 13.1 Å². The van der Waals surface area contributed by atoms with Crippen molar-refractivity contribution in [2.24, 2.45) is 0 Å². The minimum atomic E-state index is 0.758. The average molecular weight is 319 g/mol. The van der Waals surface area contributed by atoms with Gasteiger partial charge < -0.3 is 9.88 Å². The van der Waals surface area contributed by atoms with Gasteiger partial charge in [0.25, 0.3) is 0 Å². The molecule has 0 aliphatic carbocycles. The van der Waals surface area contributed by atoms with Gasteiger partial charge in [-0.25, -0.2) is 0 Å². The van der Waals surface area contributed by atoms with Crippen LogP contribution in [0, 0.1) is 0 Å². The molecule has 0 unspecified atom stereocenters. The van der Waals surface area contributed by atoms with Crippen LogP contribution in [0.2, 0.25) is 10.0 Å². The highest BCUT2D eigenvalue weighted by Gasteiger charge is 2.09. The Morgan fingerprint density at radius 3 is 2.43 bits per heavy atom. The van der Waals surface area contributed by atoms with Gasteiger partial charge in [0, 0.05) is 34.7 Å². The Labute approximate surface area is 134 Å². The van der Waals surface area contributed by atoms with Crippen molar-refractivity contribution in [2.75, 3.05) is 7.05 Å². The molecular weight excluding hydrogens is 303 g/mol. The molecule has 0 saturated carbocycles. The maximum Gasteiger partial charge on any atom is 0.0501 e. The molecule has 4 heteroatoms. The van der Waals surface area contributed by atoms with E-state index >= 15 is 0 Å². The number of hydrogen-bond donors (Lipinski definition) is 1. The molecule has 1 heterocycles. The molecule has 0 amide bonds. The molecule has 0 aliphatic rings. The smallest absolute Gasteiger partial charge is 0.0501 e. The van der Waals surface area contributed by atoms with E-state index in [9.17, 15) is 0 Å². The third-order valence-corrected chi connectivity index (χ3v) is 4.05. The highest BCUT2D eigenvalue weighted by atomic mass is 35.5. The predicted octanol–water partition coefficient (Wildman–Crippen LogP) is 4.72. The zero-order chi connectivity index (χ0) is 14.8. The van der Waals surface area contributed by atoms with Crippen molar-refractivity contribution in [3.05, 3.63) is 69.8 Å². The van der Waals surface area contributed by atoms with Crippen LogP contribution in [0.3, 0.4) is 0 Å².